The highest BCUT2D eigenvalue weighted by molar-refractivity contribution is 6.31. The normalized spacial score (nSPS) is 22.9. The van der Waals surface area contributed by atoms with Crippen LogP contribution in [0.1, 0.15) is 30.0 Å². The number of carbonyl (C=O) groups is 1. The van der Waals surface area contributed by atoms with Gasteiger partial charge in [0.1, 0.15) is 0 Å². The predicted octanol–water partition coefficient (Wildman–Crippen LogP) is 4.14. The lowest BCUT2D eigenvalue weighted by atomic mass is 9.62. The van der Waals surface area contributed by atoms with Gasteiger partial charge < -0.3 is 9.80 Å². The first-order valence-electron chi connectivity index (χ1n) is 8.90. The van der Waals surface area contributed by atoms with Gasteiger partial charge in [0.05, 0.1) is 11.5 Å². The van der Waals surface area contributed by atoms with Crippen molar-refractivity contribution in [2.24, 2.45) is 5.41 Å². The first-order valence-corrected chi connectivity index (χ1v) is 9.27. The van der Waals surface area contributed by atoms with Gasteiger partial charge in [-0.05, 0) is 50.2 Å². The molecule has 1 spiro atoms. The van der Waals surface area contributed by atoms with Gasteiger partial charge in [0.15, 0.2) is 0 Å². The highest BCUT2D eigenvalue weighted by atomic mass is 35.5. The average Bonchev–Trinajstić information content (AvgIpc) is 2.64. The number of benzene rings is 2. The molecule has 25 heavy (non-hydrogen) atoms. The third-order valence-electron chi connectivity index (χ3n) is 5.81. The summed E-state index contributed by atoms with van der Waals surface area (Å²) in [6.45, 7) is 2.54. The van der Waals surface area contributed by atoms with Crippen LogP contribution in [0.4, 0.5) is 0 Å². The standard InChI is InChI=1S/C21H23ClN2O/c1-23-13-11-21(12-14-23)19(16-7-3-2-4-8-16)24(20(21)25)15-17-9-5-6-10-18(17)22/h2-10,19H,11-15H2,1H3. The van der Waals surface area contributed by atoms with Crippen molar-refractivity contribution >= 4 is 17.5 Å². The number of amides is 1. The van der Waals surface area contributed by atoms with E-state index in [-0.39, 0.29) is 17.4 Å². The third kappa shape index (κ3) is 2.76. The van der Waals surface area contributed by atoms with E-state index in [0.29, 0.717) is 6.54 Å². The molecule has 0 saturated carbocycles. The van der Waals surface area contributed by atoms with E-state index >= 15 is 0 Å². The van der Waals surface area contributed by atoms with Crippen molar-refractivity contribution in [2.45, 2.75) is 25.4 Å². The van der Waals surface area contributed by atoms with Crippen molar-refractivity contribution < 1.29 is 4.79 Å². The van der Waals surface area contributed by atoms with Crippen molar-refractivity contribution in [1.29, 1.82) is 0 Å². The van der Waals surface area contributed by atoms with Crippen molar-refractivity contribution in [3.8, 4) is 0 Å². The van der Waals surface area contributed by atoms with Crippen molar-refractivity contribution in [3.63, 3.8) is 0 Å². The molecule has 2 aromatic carbocycles. The number of likely N-dealkylation sites (tertiary alicyclic amines) is 2. The van der Waals surface area contributed by atoms with Crippen molar-refractivity contribution in [2.75, 3.05) is 20.1 Å². The van der Waals surface area contributed by atoms with E-state index in [2.05, 4.69) is 36.2 Å². The van der Waals surface area contributed by atoms with Crippen LogP contribution in [0.25, 0.3) is 0 Å². The molecule has 4 heteroatoms. The van der Waals surface area contributed by atoms with Gasteiger partial charge in [-0.2, -0.15) is 0 Å². The number of halogens is 1. The van der Waals surface area contributed by atoms with Crippen LogP contribution in [0.3, 0.4) is 0 Å². The Morgan fingerprint density at radius 3 is 2.36 bits per heavy atom. The summed E-state index contributed by atoms with van der Waals surface area (Å²) < 4.78 is 0. The lowest BCUT2D eigenvalue weighted by Gasteiger charge is -2.59. The van der Waals surface area contributed by atoms with E-state index in [1.54, 1.807) is 0 Å². The Bertz CT molecular complexity index is 768. The van der Waals surface area contributed by atoms with E-state index < -0.39 is 0 Å². The fourth-order valence-electron chi connectivity index (χ4n) is 4.36. The summed E-state index contributed by atoms with van der Waals surface area (Å²) >= 11 is 6.34. The van der Waals surface area contributed by atoms with Gasteiger partial charge in [0.2, 0.25) is 5.91 Å². The molecular formula is C21H23ClN2O. The number of nitrogens with zero attached hydrogens (tertiary/aromatic N) is 2. The lowest BCUT2D eigenvalue weighted by molar-refractivity contribution is -0.181. The second kappa shape index (κ2) is 6.47. The number of carbonyl (C=O) groups excluding carboxylic acids is 1. The first kappa shape index (κ1) is 16.6. The lowest BCUT2D eigenvalue weighted by Crippen LogP contribution is -2.65. The molecule has 0 radical (unpaired) electrons. The summed E-state index contributed by atoms with van der Waals surface area (Å²) in [5.74, 6) is 0.286. The molecule has 4 rings (SSSR count). The van der Waals surface area contributed by atoms with Crippen LogP contribution in [0.5, 0.6) is 0 Å². The van der Waals surface area contributed by atoms with Crippen LogP contribution in [0.2, 0.25) is 5.02 Å². The maximum absolute atomic E-state index is 13.2. The fourth-order valence-corrected chi connectivity index (χ4v) is 4.56. The molecule has 2 aliphatic heterocycles. The molecule has 2 heterocycles. The molecule has 0 N–H and O–H groups in total. The Morgan fingerprint density at radius 2 is 1.68 bits per heavy atom. The summed E-state index contributed by atoms with van der Waals surface area (Å²) in [5, 5.41) is 0.728. The second-order valence-electron chi connectivity index (χ2n) is 7.30. The number of piperidine rings is 1. The molecule has 1 atom stereocenters. The molecule has 1 amide bonds. The number of hydrogen-bond acceptors (Lipinski definition) is 2. The fraction of sp³-hybridized carbons (Fsp3) is 0.381. The molecule has 3 nitrogen and oxygen atoms in total. The molecule has 2 aliphatic rings. The second-order valence-corrected chi connectivity index (χ2v) is 7.70. The largest absolute Gasteiger partial charge is 0.330 e. The quantitative estimate of drug-likeness (QED) is 0.773. The number of rotatable bonds is 3. The van der Waals surface area contributed by atoms with Crippen LogP contribution in [-0.4, -0.2) is 35.8 Å². The minimum Gasteiger partial charge on any atom is -0.330 e. The Labute approximate surface area is 154 Å². The van der Waals surface area contributed by atoms with Crippen molar-refractivity contribution in [1.82, 2.24) is 9.80 Å². The van der Waals surface area contributed by atoms with Gasteiger partial charge in [-0.25, -0.2) is 0 Å². The van der Waals surface area contributed by atoms with Crippen LogP contribution >= 0.6 is 11.6 Å². The molecule has 1 unspecified atom stereocenters. The van der Waals surface area contributed by atoms with Crippen LogP contribution < -0.4 is 0 Å². The topological polar surface area (TPSA) is 23.6 Å². The maximum Gasteiger partial charge on any atom is 0.232 e. The summed E-state index contributed by atoms with van der Waals surface area (Å²) in [6.07, 6.45) is 1.86. The molecule has 130 valence electrons. The molecular weight excluding hydrogens is 332 g/mol. The van der Waals surface area contributed by atoms with Gasteiger partial charge >= 0.3 is 0 Å². The van der Waals surface area contributed by atoms with Gasteiger partial charge in [0.25, 0.3) is 0 Å². The van der Waals surface area contributed by atoms with Gasteiger partial charge in [-0.1, -0.05) is 60.1 Å². The SMILES string of the molecule is CN1CCC2(CC1)C(=O)N(Cc1ccccc1Cl)C2c1ccccc1. The van der Waals surface area contributed by atoms with E-state index in [9.17, 15) is 4.79 Å². The highest BCUT2D eigenvalue weighted by Gasteiger charge is 2.60. The zero-order chi connectivity index (χ0) is 17.4. The Morgan fingerprint density at radius 1 is 1.04 bits per heavy atom. The summed E-state index contributed by atoms with van der Waals surface area (Å²) in [5.41, 5.74) is 2.01. The van der Waals surface area contributed by atoms with Crippen LogP contribution in [0, 0.1) is 5.41 Å². The van der Waals surface area contributed by atoms with Crippen LogP contribution in [-0.2, 0) is 11.3 Å². The molecule has 2 saturated heterocycles. The Hall–Kier alpha value is -1.84. The predicted molar refractivity (Wildman–Crippen MR) is 100 cm³/mol. The van der Waals surface area contributed by atoms with E-state index in [1.165, 1.54) is 5.56 Å². The number of hydrogen-bond donors (Lipinski definition) is 0. The Kier molecular flexibility index (Phi) is 4.30. The van der Waals surface area contributed by atoms with Gasteiger partial charge in [-0.15, -0.1) is 0 Å². The zero-order valence-corrected chi connectivity index (χ0v) is 15.2. The molecule has 0 bridgehead atoms. The maximum atomic E-state index is 13.2. The van der Waals surface area contributed by atoms with Gasteiger partial charge in [-0.3, -0.25) is 4.79 Å². The van der Waals surface area contributed by atoms with E-state index in [4.69, 9.17) is 11.6 Å². The molecule has 2 aromatic rings. The monoisotopic (exact) mass is 354 g/mol. The molecule has 0 aromatic heterocycles. The summed E-state index contributed by atoms with van der Waals surface area (Å²) in [6, 6.07) is 18.4. The smallest absolute Gasteiger partial charge is 0.232 e. The number of β-lactam (4-membered cyclic amide) rings is 1. The molecule has 0 aliphatic carbocycles. The van der Waals surface area contributed by atoms with E-state index in [0.717, 1.165) is 36.5 Å². The summed E-state index contributed by atoms with van der Waals surface area (Å²) in [7, 11) is 2.13. The minimum absolute atomic E-state index is 0.145. The highest BCUT2D eigenvalue weighted by Crippen LogP contribution is 2.56. The Balaban J connectivity index is 1.67. The third-order valence-corrected chi connectivity index (χ3v) is 6.18. The molecule has 2 fully saturated rings. The minimum atomic E-state index is -0.241. The first-order chi connectivity index (χ1) is 12.1. The van der Waals surface area contributed by atoms with Crippen molar-refractivity contribution in [3.05, 3.63) is 70.7 Å². The summed E-state index contributed by atoms with van der Waals surface area (Å²) in [4.78, 5) is 17.5. The van der Waals surface area contributed by atoms with E-state index in [1.807, 2.05) is 35.2 Å². The van der Waals surface area contributed by atoms with Crippen LogP contribution in [0.15, 0.2) is 54.6 Å². The van der Waals surface area contributed by atoms with Gasteiger partial charge in [0, 0.05) is 11.6 Å². The zero-order valence-electron chi connectivity index (χ0n) is 14.5. The average molecular weight is 355 g/mol.